The van der Waals surface area contributed by atoms with Gasteiger partial charge in [-0.1, -0.05) is 30.3 Å². The van der Waals surface area contributed by atoms with Gasteiger partial charge in [-0.15, -0.1) is 0 Å². The highest BCUT2D eigenvalue weighted by molar-refractivity contribution is 6.06. The van der Waals surface area contributed by atoms with Gasteiger partial charge in [-0.2, -0.15) is 0 Å². The second-order valence-electron chi connectivity index (χ2n) is 9.86. The number of aromatic nitrogens is 1. The van der Waals surface area contributed by atoms with E-state index in [2.05, 4.69) is 15.6 Å². The van der Waals surface area contributed by atoms with Crippen molar-refractivity contribution in [1.82, 2.24) is 10.3 Å². The van der Waals surface area contributed by atoms with Crippen molar-refractivity contribution in [2.75, 3.05) is 5.32 Å². The highest BCUT2D eigenvalue weighted by Gasteiger charge is 2.33. The third-order valence-corrected chi connectivity index (χ3v) is 6.87. The van der Waals surface area contributed by atoms with Gasteiger partial charge in [0.1, 0.15) is 5.54 Å². The van der Waals surface area contributed by atoms with Crippen molar-refractivity contribution >= 4 is 34.4 Å². The molecule has 0 radical (unpaired) electrons. The lowest BCUT2D eigenvalue weighted by Crippen LogP contribution is -2.51. The number of nitrogens with one attached hydrogen (secondary N) is 2. The Kier molecular flexibility index (Phi) is 6.87. The Balaban J connectivity index is 1.35. The fraction of sp³-hybridized carbons (Fsp3) is 0.357. The van der Waals surface area contributed by atoms with Crippen LogP contribution in [0.15, 0.2) is 54.6 Å². The van der Waals surface area contributed by atoms with Crippen molar-refractivity contribution in [1.29, 1.82) is 0 Å². The maximum atomic E-state index is 12.9. The van der Waals surface area contributed by atoms with Crippen LogP contribution in [0.3, 0.4) is 0 Å². The van der Waals surface area contributed by atoms with Gasteiger partial charge in [-0.05, 0) is 82.2 Å². The summed E-state index contributed by atoms with van der Waals surface area (Å²) in [6, 6.07) is 17.5. The van der Waals surface area contributed by atoms with E-state index in [1.807, 2.05) is 61.5 Å². The first-order chi connectivity index (χ1) is 16.6. The van der Waals surface area contributed by atoms with Crippen molar-refractivity contribution in [3.8, 4) is 0 Å². The topological polar surface area (TPSA) is 108 Å². The zero-order chi connectivity index (χ0) is 25.2. The predicted octanol–water partition coefficient (Wildman–Crippen LogP) is 5.05. The molecule has 1 saturated carbocycles. The van der Waals surface area contributed by atoms with Gasteiger partial charge in [0.25, 0.3) is 5.91 Å². The number of carboxylic acids is 1. The molecule has 4 rings (SSSR count). The number of nitrogens with zero attached hydrogens (tertiary/aromatic N) is 1. The van der Waals surface area contributed by atoms with Crippen molar-refractivity contribution in [3.05, 3.63) is 71.4 Å². The predicted molar refractivity (Wildman–Crippen MR) is 135 cm³/mol. The van der Waals surface area contributed by atoms with E-state index in [0.717, 1.165) is 42.3 Å². The molecule has 7 nitrogen and oxygen atoms in total. The highest BCUT2D eigenvalue weighted by atomic mass is 16.4. The van der Waals surface area contributed by atoms with Gasteiger partial charge in [0.15, 0.2) is 0 Å². The number of hydrogen-bond donors (Lipinski definition) is 3. The summed E-state index contributed by atoms with van der Waals surface area (Å²) >= 11 is 0. The third kappa shape index (κ3) is 5.50. The molecule has 0 bridgehead atoms. The zero-order valence-corrected chi connectivity index (χ0v) is 20.3. The summed E-state index contributed by atoms with van der Waals surface area (Å²) in [4.78, 5) is 41.2. The monoisotopic (exact) mass is 473 g/mol. The normalized spacial score (nSPS) is 18.1. The van der Waals surface area contributed by atoms with E-state index in [0.29, 0.717) is 17.2 Å². The molecule has 1 aliphatic rings. The van der Waals surface area contributed by atoms with E-state index in [9.17, 15) is 19.5 Å². The molecule has 3 N–H and O–H groups in total. The van der Waals surface area contributed by atoms with Gasteiger partial charge in [0, 0.05) is 17.0 Å². The van der Waals surface area contributed by atoms with E-state index < -0.39 is 11.5 Å². The van der Waals surface area contributed by atoms with E-state index in [1.54, 1.807) is 0 Å². The second kappa shape index (κ2) is 9.86. The average molecular weight is 474 g/mol. The minimum absolute atomic E-state index is 0.165. The molecule has 2 aromatic carbocycles. The lowest BCUT2D eigenvalue weighted by Gasteiger charge is -2.30. The van der Waals surface area contributed by atoms with Crippen molar-refractivity contribution in [3.63, 3.8) is 0 Å². The highest BCUT2D eigenvalue weighted by Crippen LogP contribution is 2.36. The molecule has 0 unspecified atom stereocenters. The van der Waals surface area contributed by atoms with Crippen LogP contribution in [0.2, 0.25) is 0 Å². The summed E-state index contributed by atoms with van der Waals surface area (Å²) in [7, 11) is 0. The van der Waals surface area contributed by atoms with Gasteiger partial charge in [0.2, 0.25) is 5.91 Å². The Bertz CT molecular complexity index is 1260. The van der Waals surface area contributed by atoms with Crippen molar-refractivity contribution < 1.29 is 19.5 Å². The number of fused-ring (bicyclic) bond motifs is 1. The minimum Gasteiger partial charge on any atom is -0.480 e. The Morgan fingerprint density at radius 1 is 0.971 bits per heavy atom. The van der Waals surface area contributed by atoms with Crippen molar-refractivity contribution in [2.45, 2.75) is 57.9 Å². The Labute approximate surface area is 205 Å². The Hall–Kier alpha value is -3.74. The van der Waals surface area contributed by atoms with Gasteiger partial charge in [0.05, 0.1) is 16.8 Å². The van der Waals surface area contributed by atoms with Gasteiger partial charge >= 0.3 is 5.97 Å². The summed E-state index contributed by atoms with van der Waals surface area (Å²) in [5.41, 5.74) is 2.73. The Morgan fingerprint density at radius 3 is 2.29 bits per heavy atom. The number of hydrogen-bond acceptors (Lipinski definition) is 4. The van der Waals surface area contributed by atoms with Gasteiger partial charge < -0.3 is 15.7 Å². The number of anilines is 1. The molecule has 2 amide bonds. The van der Waals surface area contributed by atoms with Crippen LogP contribution in [-0.4, -0.2) is 33.4 Å². The molecule has 7 heteroatoms. The standard InChI is InChI=1S/C28H31N3O4/c1-17-23(16-21-6-4-5-7-24(21)29-17)26(33)30-22-14-12-19(13-15-22)18-8-10-20(11-9-18)25(32)31-28(2,3)27(34)35/h4-7,12-16,18,20H,8-11H2,1-3H3,(H,30,33)(H,31,32)(H,34,35)/t18-,20+. The molecule has 1 aliphatic carbocycles. The number of pyridine rings is 1. The van der Waals surface area contributed by atoms with Crippen LogP contribution in [0.4, 0.5) is 5.69 Å². The SMILES string of the molecule is Cc1nc2ccccc2cc1C(=O)Nc1ccc([C@H]2CC[C@@H](C(=O)NC(C)(C)C(=O)O)CC2)cc1. The largest absolute Gasteiger partial charge is 0.480 e. The van der Waals surface area contributed by atoms with Crippen LogP contribution in [-0.2, 0) is 9.59 Å². The summed E-state index contributed by atoms with van der Waals surface area (Å²) in [6.45, 7) is 4.83. The fourth-order valence-electron chi connectivity index (χ4n) is 4.63. The number of rotatable bonds is 6. The molecule has 35 heavy (non-hydrogen) atoms. The van der Waals surface area contributed by atoms with Crippen LogP contribution in [0.5, 0.6) is 0 Å². The molecule has 0 saturated heterocycles. The molecule has 182 valence electrons. The number of amides is 2. The first-order valence-electron chi connectivity index (χ1n) is 12.0. The van der Waals surface area contributed by atoms with Crippen LogP contribution in [0.25, 0.3) is 10.9 Å². The average Bonchev–Trinajstić information content (AvgIpc) is 2.83. The zero-order valence-electron chi connectivity index (χ0n) is 20.3. The number of carbonyl (C=O) groups excluding carboxylic acids is 2. The minimum atomic E-state index is -1.27. The molecule has 0 spiro atoms. The van der Waals surface area contributed by atoms with Crippen LogP contribution < -0.4 is 10.6 Å². The molecular weight excluding hydrogens is 442 g/mol. The van der Waals surface area contributed by atoms with Crippen molar-refractivity contribution in [2.24, 2.45) is 5.92 Å². The maximum absolute atomic E-state index is 12.9. The maximum Gasteiger partial charge on any atom is 0.328 e. The smallest absolute Gasteiger partial charge is 0.328 e. The number of aliphatic carboxylic acids is 1. The lowest BCUT2D eigenvalue weighted by atomic mass is 9.78. The number of carbonyl (C=O) groups is 3. The van der Waals surface area contributed by atoms with Gasteiger partial charge in [-0.3, -0.25) is 14.6 Å². The summed E-state index contributed by atoms with van der Waals surface area (Å²) in [6.07, 6.45) is 3.16. The summed E-state index contributed by atoms with van der Waals surface area (Å²) < 4.78 is 0. The van der Waals surface area contributed by atoms with Crippen LogP contribution in [0, 0.1) is 12.8 Å². The summed E-state index contributed by atoms with van der Waals surface area (Å²) in [5.74, 6) is -1.25. The third-order valence-electron chi connectivity index (χ3n) is 6.87. The Morgan fingerprint density at radius 2 is 1.63 bits per heavy atom. The number of para-hydroxylation sites is 1. The number of carboxylic acid groups (broad SMARTS) is 1. The fourth-order valence-corrected chi connectivity index (χ4v) is 4.63. The first kappa shape index (κ1) is 24.4. The molecular formula is C28H31N3O4. The molecule has 1 fully saturated rings. The van der Waals surface area contributed by atoms with E-state index >= 15 is 0 Å². The van der Waals surface area contributed by atoms with Gasteiger partial charge in [-0.25, -0.2) is 4.79 Å². The van der Waals surface area contributed by atoms with Crippen LogP contribution >= 0.6 is 0 Å². The number of aryl methyl sites for hydroxylation is 1. The molecule has 1 aromatic heterocycles. The summed E-state index contributed by atoms with van der Waals surface area (Å²) in [5, 5.41) is 15.8. The van der Waals surface area contributed by atoms with E-state index in [1.165, 1.54) is 19.4 Å². The molecule has 0 atom stereocenters. The molecule has 3 aromatic rings. The molecule has 0 aliphatic heterocycles. The molecule has 1 heterocycles. The first-order valence-corrected chi connectivity index (χ1v) is 12.0. The van der Waals surface area contributed by atoms with E-state index in [-0.39, 0.29) is 17.7 Å². The quantitative estimate of drug-likeness (QED) is 0.464. The van der Waals surface area contributed by atoms with E-state index in [4.69, 9.17) is 0 Å². The van der Waals surface area contributed by atoms with Crippen LogP contribution in [0.1, 0.15) is 67.1 Å². The second-order valence-corrected chi connectivity index (χ2v) is 9.86. The number of benzene rings is 2. The lowest BCUT2D eigenvalue weighted by molar-refractivity contribution is -0.146.